The number of aryl methyl sites for hydroxylation is 1. The normalized spacial score (nSPS) is 17.5. The molecular weight excluding hydrogens is 389 g/mol. The van der Waals surface area contributed by atoms with Gasteiger partial charge in [-0.15, -0.1) is 0 Å². The average molecular weight is 416 g/mol. The molecule has 0 unspecified atom stereocenters. The maximum Gasteiger partial charge on any atom is 0.416 e. The van der Waals surface area contributed by atoms with Gasteiger partial charge in [-0.25, -0.2) is 0 Å². The zero-order valence-corrected chi connectivity index (χ0v) is 17.6. The van der Waals surface area contributed by atoms with E-state index in [1.807, 2.05) is 18.7 Å². The number of fused-ring (bicyclic) bond motifs is 1. The molecule has 0 bridgehead atoms. The summed E-state index contributed by atoms with van der Waals surface area (Å²) < 4.78 is 39.2. The first-order valence-corrected chi connectivity index (χ1v) is 10.4. The summed E-state index contributed by atoms with van der Waals surface area (Å²) in [5.41, 5.74) is 5.37. The van der Waals surface area contributed by atoms with Gasteiger partial charge in [0.05, 0.1) is 5.56 Å². The molecule has 2 aliphatic rings. The summed E-state index contributed by atoms with van der Waals surface area (Å²) in [5.74, 6) is 0.0579. The van der Waals surface area contributed by atoms with Gasteiger partial charge >= 0.3 is 6.18 Å². The molecule has 1 N–H and O–H groups in total. The maximum atomic E-state index is 13.1. The van der Waals surface area contributed by atoms with Crippen molar-refractivity contribution < 1.29 is 18.0 Å². The van der Waals surface area contributed by atoms with Gasteiger partial charge in [-0.2, -0.15) is 13.2 Å². The number of alkyl halides is 3. The molecule has 1 fully saturated rings. The van der Waals surface area contributed by atoms with Crippen molar-refractivity contribution in [3.63, 3.8) is 0 Å². The van der Waals surface area contributed by atoms with Crippen LogP contribution in [0.4, 0.5) is 24.5 Å². The first-order valence-electron chi connectivity index (χ1n) is 10.4. The van der Waals surface area contributed by atoms with Crippen LogP contribution in [0, 0.1) is 19.3 Å². The number of rotatable bonds is 4. The van der Waals surface area contributed by atoms with Gasteiger partial charge in [-0.1, -0.05) is 19.1 Å². The summed E-state index contributed by atoms with van der Waals surface area (Å²) in [7, 11) is 0. The maximum absolute atomic E-state index is 13.1. The van der Waals surface area contributed by atoms with Crippen LogP contribution < -0.4 is 10.2 Å². The van der Waals surface area contributed by atoms with Gasteiger partial charge < -0.3 is 10.2 Å². The Morgan fingerprint density at radius 2 is 1.93 bits per heavy atom. The van der Waals surface area contributed by atoms with Gasteiger partial charge in [0.2, 0.25) is 5.91 Å². The Morgan fingerprint density at radius 1 is 1.20 bits per heavy atom. The minimum absolute atomic E-state index is 0.0579. The highest BCUT2D eigenvalue weighted by Gasteiger charge is 2.39. The van der Waals surface area contributed by atoms with Gasteiger partial charge in [-0.05, 0) is 79.0 Å². The van der Waals surface area contributed by atoms with Gasteiger partial charge in [-0.3, -0.25) is 4.79 Å². The van der Waals surface area contributed by atoms with Crippen molar-refractivity contribution in [3.8, 4) is 0 Å². The zero-order valence-electron chi connectivity index (χ0n) is 17.6. The highest BCUT2D eigenvalue weighted by Crippen LogP contribution is 2.48. The number of nitrogens with one attached hydrogen (secondary N) is 1. The summed E-state index contributed by atoms with van der Waals surface area (Å²) in [5, 5.41) is 3.11. The van der Waals surface area contributed by atoms with Crippen molar-refractivity contribution in [3.05, 3.63) is 58.1 Å². The Labute approximate surface area is 175 Å². The molecule has 0 spiro atoms. The molecule has 30 heavy (non-hydrogen) atoms. The minimum Gasteiger partial charge on any atom is -0.367 e. The van der Waals surface area contributed by atoms with Crippen molar-refractivity contribution in [1.29, 1.82) is 0 Å². The Hall–Kier alpha value is -2.50. The lowest BCUT2D eigenvalue weighted by atomic mass is 9.90. The summed E-state index contributed by atoms with van der Waals surface area (Å²) >= 11 is 0. The zero-order chi connectivity index (χ0) is 21.7. The van der Waals surface area contributed by atoms with Crippen LogP contribution in [0.15, 0.2) is 30.3 Å². The Morgan fingerprint density at radius 3 is 2.60 bits per heavy atom. The fourth-order valence-electron chi connectivity index (χ4n) is 4.38. The molecule has 1 aliphatic carbocycles. The molecule has 2 aromatic carbocycles. The molecule has 160 valence electrons. The SMILES string of the molecule is Cc1cc2c(c(C)c1NC(=O)CC1(C)CC1)CCN(c1cccc(C(F)(F)F)c1)C2. The molecule has 1 aliphatic heterocycles. The van der Waals surface area contributed by atoms with E-state index in [9.17, 15) is 18.0 Å². The van der Waals surface area contributed by atoms with Gasteiger partial charge in [0, 0.05) is 30.9 Å². The quantitative estimate of drug-likeness (QED) is 0.662. The lowest BCUT2D eigenvalue weighted by molar-refractivity contribution is -0.137. The topological polar surface area (TPSA) is 32.3 Å². The second-order valence-corrected chi connectivity index (χ2v) is 9.09. The van der Waals surface area contributed by atoms with Gasteiger partial charge in [0.25, 0.3) is 0 Å². The smallest absolute Gasteiger partial charge is 0.367 e. The summed E-state index contributed by atoms with van der Waals surface area (Å²) in [6.07, 6.45) is -0.853. The summed E-state index contributed by atoms with van der Waals surface area (Å²) in [4.78, 5) is 14.5. The van der Waals surface area contributed by atoms with E-state index in [2.05, 4.69) is 18.3 Å². The van der Waals surface area contributed by atoms with Crippen molar-refractivity contribution >= 4 is 17.3 Å². The number of hydrogen-bond acceptors (Lipinski definition) is 2. The van der Waals surface area contributed by atoms with E-state index < -0.39 is 11.7 Å². The number of halogens is 3. The van der Waals surface area contributed by atoms with E-state index in [1.165, 1.54) is 17.7 Å². The first kappa shape index (κ1) is 20.8. The molecule has 1 amide bonds. The monoisotopic (exact) mass is 416 g/mol. The molecular formula is C24H27F3N2O. The highest BCUT2D eigenvalue weighted by molar-refractivity contribution is 5.93. The van der Waals surface area contributed by atoms with Crippen molar-refractivity contribution in [2.45, 2.75) is 59.2 Å². The molecule has 4 rings (SSSR count). The van der Waals surface area contributed by atoms with Crippen LogP contribution in [0.5, 0.6) is 0 Å². The number of nitrogens with zero attached hydrogens (tertiary/aromatic N) is 1. The second kappa shape index (κ2) is 7.33. The van der Waals surface area contributed by atoms with Crippen molar-refractivity contribution in [2.24, 2.45) is 5.41 Å². The largest absolute Gasteiger partial charge is 0.416 e. The fourth-order valence-corrected chi connectivity index (χ4v) is 4.38. The molecule has 1 saturated carbocycles. The summed E-state index contributed by atoms with van der Waals surface area (Å²) in [6.45, 7) is 7.35. The lowest BCUT2D eigenvalue weighted by Gasteiger charge is -2.33. The van der Waals surface area contributed by atoms with Gasteiger partial charge in [0.1, 0.15) is 0 Å². The fraction of sp³-hybridized carbons (Fsp3) is 0.458. The van der Waals surface area contributed by atoms with E-state index in [-0.39, 0.29) is 11.3 Å². The highest BCUT2D eigenvalue weighted by atomic mass is 19.4. The van der Waals surface area contributed by atoms with E-state index in [1.54, 1.807) is 6.07 Å². The lowest BCUT2D eigenvalue weighted by Crippen LogP contribution is -2.31. The van der Waals surface area contributed by atoms with E-state index in [0.29, 0.717) is 25.2 Å². The molecule has 0 aromatic heterocycles. The third-order valence-corrected chi connectivity index (χ3v) is 6.49. The van der Waals surface area contributed by atoms with Crippen LogP contribution >= 0.6 is 0 Å². The van der Waals surface area contributed by atoms with Gasteiger partial charge in [0.15, 0.2) is 0 Å². The van der Waals surface area contributed by atoms with Crippen molar-refractivity contribution in [1.82, 2.24) is 0 Å². The number of hydrogen-bond donors (Lipinski definition) is 1. The molecule has 2 aromatic rings. The molecule has 3 nitrogen and oxygen atoms in total. The molecule has 0 radical (unpaired) electrons. The standard InChI is InChI=1S/C24H27F3N2O/c1-15-11-17-14-29(19-6-4-5-18(12-19)24(25,26)27)10-7-20(17)16(2)22(15)28-21(30)13-23(3)8-9-23/h4-6,11-12H,7-10,13-14H2,1-3H3,(H,28,30). The molecule has 0 atom stereocenters. The average Bonchev–Trinajstić information content (AvgIpc) is 3.40. The van der Waals surface area contributed by atoms with Crippen LogP contribution in [0.2, 0.25) is 0 Å². The molecule has 1 heterocycles. The third kappa shape index (κ3) is 4.18. The van der Waals surface area contributed by atoms with Crippen LogP contribution in [0.3, 0.4) is 0 Å². The minimum atomic E-state index is -4.35. The van der Waals surface area contributed by atoms with Crippen LogP contribution in [0.1, 0.15) is 54.0 Å². The third-order valence-electron chi connectivity index (χ3n) is 6.49. The first-order chi connectivity index (χ1) is 14.1. The van der Waals surface area contributed by atoms with E-state index in [4.69, 9.17) is 0 Å². The molecule has 6 heteroatoms. The molecule has 0 saturated heterocycles. The van der Waals surface area contributed by atoms with E-state index >= 15 is 0 Å². The van der Waals surface area contributed by atoms with Crippen LogP contribution in [-0.4, -0.2) is 12.5 Å². The van der Waals surface area contributed by atoms with Crippen molar-refractivity contribution in [2.75, 3.05) is 16.8 Å². The van der Waals surface area contributed by atoms with Crippen LogP contribution in [-0.2, 0) is 23.9 Å². The predicted octanol–water partition coefficient (Wildman–Crippen LogP) is 6.01. The Kier molecular flexibility index (Phi) is 5.07. The number of anilines is 2. The Bertz CT molecular complexity index is 993. The summed E-state index contributed by atoms with van der Waals surface area (Å²) in [6, 6.07) is 7.58. The predicted molar refractivity (Wildman–Crippen MR) is 113 cm³/mol. The number of benzene rings is 2. The number of carbonyl (C=O) groups is 1. The van der Waals surface area contributed by atoms with E-state index in [0.717, 1.165) is 47.7 Å². The Balaban J connectivity index is 1.55. The second-order valence-electron chi connectivity index (χ2n) is 9.09. The van der Waals surface area contributed by atoms with Crippen LogP contribution in [0.25, 0.3) is 0 Å². The number of amides is 1. The number of carbonyl (C=O) groups excluding carboxylic acids is 1.